The second-order valence-electron chi connectivity index (χ2n) is 6.80. The second kappa shape index (κ2) is 6.90. The Hall–Kier alpha value is -2.09. The molecule has 0 radical (unpaired) electrons. The first-order chi connectivity index (χ1) is 12.2. The third-order valence-corrected chi connectivity index (χ3v) is 6.32. The van der Waals surface area contributed by atoms with Crippen molar-refractivity contribution in [1.29, 1.82) is 0 Å². The van der Waals surface area contributed by atoms with Crippen molar-refractivity contribution in [2.24, 2.45) is 0 Å². The number of benzene rings is 1. The van der Waals surface area contributed by atoms with Gasteiger partial charge in [-0.1, -0.05) is 6.07 Å². The molecule has 1 N–H and O–H groups in total. The lowest BCUT2D eigenvalue weighted by atomic mass is 10.2. The zero-order valence-corrected chi connectivity index (χ0v) is 15.7. The molecule has 0 spiro atoms. The van der Waals surface area contributed by atoms with Gasteiger partial charge in [0, 0.05) is 17.9 Å². The van der Waals surface area contributed by atoms with Crippen LogP contribution in [-0.2, 0) is 19.1 Å². The summed E-state index contributed by atoms with van der Waals surface area (Å²) in [5.74, 6) is -1.18. The van der Waals surface area contributed by atoms with Crippen LogP contribution < -0.4 is 5.32 Å². The van der Waals surface area contributed by atoms with E-state index in [0.29, 0.717) is 29.8 Å². The van der Waals surface area contributed by atoms with Gasteiger partial charge in [-0.2, -0.15) is 0 Å². The van der Waals surface area contributed by atoms with Gasteiger partial charge in [-0.3, -0.25) is 9.59 Å². The van der Waals surface area contributed by atoms with Gasteiger partial charge in [-0.25, -0.2) is 9.18 Å². The van der Waals surface area contributed by atoms with Crippen LogP contribution in [-0.4, -0.2) is 45.5 Å². The number of fused-ring (bicyclic) bond motifs is 1. The number of ether oxygens (including phenoxy) is 1. The second-order valence-corrected chi connectivity index (χ2v) is 8.30. The van der Waals surface area contributed by atoms with Crippen LogP contribution in [0.2, 0.25) is 0 Å². The summed E-state index contributed by atoms with van der Waals surface area (Å²) >= 11 is 1.56. The fourth-order valence-corrected chi connectivity index (χ4v) is 4.63. The molecule has 6 nitrogen and oxygen atoms in total. The molecule has 26 heavy (non-hydrogen) atoms. The average molecular weight is 380 g/mol. The van der Waals surface area contributed by atoms with Crippen molar-refractivity contribution in [3.05, 3.63) is 29.6 Å². The van der Waals surface area contributed by atoms with Gasteiger partial charge in [0.15, 0.2) is 6.10 Å². The molecule has 2 aliphatic heterocycles. The Morgan fingerprint density at radius 3 is 2.88 bits per heavy atom. The summed E-state index contributed by atoms with van der Waals surface area (Å²) < 4.78 is 18.8. The van der Waals surface area contributed by atoms with Gasteiger partial charge in [0.25, 0.3) is 5.91 Å². The van der Waals surface area contributed by atoms with Crippen LogP contribution in [0.25, 0.3) is 0 Å². The van der Waals surface area contributed by atoms with Crippen LogP contribution in [0.1, 0.15) is 32.3 Å². The standard InChI is InChI=1S/C18H21FN2O4S/c1-10-4-5-12(8-13(10)19)20-16(23)11(2)25-17(24)14-9-26-18(3)7-6-15(22)21(14)18/h4-5,8,11,14H,6-7,9H2,1-3H3,(H,20,23)/t11-,14-,18-/m0/s1. The molecule has 2 aliphatic rings. The highest BCUT2D eigenvalue weighted by Gasteiger charge is 2.53. The van der Waals surface area contributed by atoms with Crippen LogP contribution >= 0.6 is 11.8 Å². The molecule has 2 fully saturated rings. The molecule has 2 amide bonds. The quantitative estimate of drug-likeness (QED) is 0.812. The maximum Gasteiger partial charge on any atom is 0.330 e. The highest BCUT2D eigenvalue weighted by atomic mass is 32.2. The molecule has 2 saturated heterocycles. The first-order valence-electron chi connectivity index (χ1n) is 8.45. The highest BCUT2D eigenvalue weighted by molar-refractivity contribution is 8.01. The van der Waals surface area contributed by atoms with E-state index in [1.165, 1.54) is 13.0 Å². The maximum absolute atomic E-state index is 13.6. The number of carbonyl (C=O) groups excluding carboxylic acids is 3. The van der Waals surface area contributed by atoms with Crippen molar-refractivity contribution in [3.63, 3.8) is 0 Å². The van der Waals surface area contributed by atoms with Crippen molar-refractivity contribution < 1.29 is 23.5 Å². The van der Waals surface area contributed by atoms with Gasteiger partial charge in [-0.05, 0) is 44.9 Å². The number of hydrogen-bond donors (Lipinski definition) is 1. The summed E-state index contributed by atoms with van der Waals surface area (Å²) in [5, 5.41) is 2.53. The van der Waals surface area contributed by atoms with Gasteiger partial charge in [-0.15, -0.1) is 11.8 Å². The number of amides is 2. The van der Waals surface area contributed by atoms with Crippen molar-refractivity contribution in [2.75, 3.05) is 11.1 Å². The zero-order chi connectivity index (χ0) is 19.1. The van der Waals surface area contributed by atoms with E-state index in [1.807, 2.05) is 6.92 Å². The number of aryl methyl sites for hydroxylation is 1. The number of anilines is 1. The maximum atomic E-state index is 13.6. The van der Waals surface area contributed by atoms with E-state index in [4.69, 9.17) is 4.74 Å². The smallest absolute Gasteiger partial charge is 0.330 e. The molecule has 1 aromatic rings. The molecule has 0 unspecified atom stereocenters. The van der Waals surface area contributed by atoms with Crippen LogP contribution in [0.4, 0.5) is 10.1 Å². The van der Waals surface area contributed by atoms with E-state index in [0.717, 1.165) is 0 Å². The molecule has 3 rings (SSSR count). The number of nitrogens with one attached hydrogen (secondary N) is 1. The van der Waals surface area contributed by atoms with E-state index >= 15 is 0 Å². The molecule has 0 aromatic heterocycles. The molecule has 140 valence electrons. The normalized spacial score (nSPS) is 25.8. The van der Waals surface area contributed by atoms with E-state index in [-0.39, 0.29) is 10.8 Å². The van der Waals surface area contributed by atoms with E-state index in [1.54, 1.807) is 35.7 Å². The topological polar surface area (TPSA) is 75.7 Å². The Kier molecular flexibility index (Phi) is 4.96. The van der Waals surface area contributed by atoms with Crippen molar-refractivity contribution >= 4 is 35.2 Å². The molecule has 0 aliphatic carbocycles. The summed E-state index contributed by atoms with van der Waals surface area (Å²) in [5.41, 5.74) is 0.763. The number of nitrogens with zero attached hydrogens (tertiary/aromatic N) is 1. The minimum absolute atomic E-state index is 0.0633. The van der Waals surface area contributed by atoms with Gasteiger partial charge in [0.1, 0.15) is 11.9 Å². The summed E-state index contributed by atoms with van der Waals surface area (Å²) in [6.07, 6.45) is 0.0684. The molecule has 0 bridgehead atoms. The monoisotopic (exact) mass is 380 g/mol. The number of esters is 1. The summed E-state index contributed by atoms with van der Waals surface area (Å²) in [7, 11) is 0. The van der Waals surface area contributed by atoms with Crippen molar-refractivity contribution in [1.82, 2.24) is 4.90 Å². The average Bonchev–Trinajstić information content (AvgIpc) is 3.07. The van der Waals surface area contributed by atoms with Gasteiger partial charge < -0.3 is 15.0 Å². The Bertz CT molecular complexity index is 772. The first-order valence-corrected chi connectivity index (χ1v) is 9.43. The van der Waals surface area contributed by atoms with E-state index < -0.39 is 29.8 Å². The molecule has 3 atom stereocenters. The first kappa shape index (κ1) is 18.7. The molecule has 8 heteroatoms. The SMILES string of the molecule is Cc1ccc(NC(=O)[C@H](C)OC(=O)[C@@H]2CS[C@@]3(C)CCC(=O)N23)cc1F. The number of carbonyl (C=O) groups is 3. The zero-order valence-electron chi connectivity index (χ0n) is 14.9. The van der Waals surface area contributed by atoms with Crippen molar-refractivity contribution in [2.45, 2.75) is 50.6 Å². The van der Waals surface area contributed by atoms with Crippen molar-refractivity contribution in [3.8, 4) is 0 Å². The fraction of sp³-hybridized carbons (Fsp3) is 0.500. The number of rotatable bonds is 4. The van der Waals surface area contributed by atoms with Crippen LogP contribution in [0, 0.1) is 12.7 Å². The largest absolute Gasteiger partial charge is 0.451 e. The summed E-state index contributed by atoms with van der Waals surface area (Å²) in [6, 6.07) is 3.67. The van der Waals surface area contributed by atoms with Gasteiger partial charge in [0.05, 0.1) is 4.87 Å². The molecule has 1 aromatic carbocycles. The minimum Gasteiger partial charge on any atom is -0.451 e. The fourth-order valence-electron chi connectivity index (χ4n) is 3.22. The lowest BCUT2D eigenvalue weighted by Gasteiger charge is -2.29. The number of thioether (sulfide) groups is 1. The van der Waals surface area contributed by atoms with E-state index in [9.17, 15) is 18.8 Å². The van der Waals surface area contributed by atoms with Gasteiger partial charge >= 0.3 is 5.97 Å². The van der Waals surface area contributed by atoms with Crippen LogP contribution in [0.5, 0.6) is 0 Å². The Morgan fingerprint density at radius 1 is 1.46 bits per heavy atom. The summed E-state index contributed by atoms with van der Waals surface area (Å²) in [4.78, 5) is 38.0. The third kappa shape index (κ3) is 3.42. The van der Waals surface area contributed by atoms with Crippen LogP contribution in [0.3, 0.4) is 0 Å². The molecule has 2 heterocycles. The predicted octanol–water partition coefficient (Wildman–Crippen LogP) is 2.46. The molecule has 0 saturated carbocycles. The molecular formula is C18H21FN2O4S. The van der Waals surface area contributed by atoms with Gasteiger partial charge in [0.2, 0.25) is 5.91 Å². The Balaban J connectivity index is 1.61. The molecular weight excluding hydrogens is 359 g/mol. The third-order valence-electron chi connectivity index (χ3n) is 4.82. The highest BCUT2D eigenvalue weighted by Crippen LogP contribution is 2.47. The van der Waals surface area contributed by atoms with Crippen LogP contribution in [0.15, 0.2) is 18.2 Å². The number of hydrogen-bond acceptors (Lipinski definition) is 5. The summed E-state index contributed by atoms with van der Waals surface area (Å²) in [6.45, 7) is 5.02. The lowest BCUT2D eigenvalue weighted by molar-refractivity contribution is -0.160. The predicted molar refractivity (Wildman–Crippen MR) is 96.1 cm³/mol. The Morgan fingerprint density at radius 2 is 2.19 bits per heavy atom. The minimum atomic E-state index is -1.05. The van der Waals surface area contributed by atoms with E-state index in [2.05, 4.69) is 5.32 Å². The lowest BCUT2D eigenvalue weighted by Crippen LogP contribution is -2.48. The Labute approximate surface area is 155 Å². The number of halogens is 1.